The number of amides is 2. The monoisotopic (exact) mass is 617 g/mol. The highest BCUT2D eigenvalue weighted by atomic mass is 32.2. The first-order valence-corrected chi connectivity index (χ1v) is 16.0. The summed E-state index contributed by atoms with van der Waals surface area (Å²) >= 11 is 2.77. The van der Waals surface area contributed by atoms with Crippen molar-refractivity contribution in [3.63, 3.8) is 0 Å². The molecule has 11 heteroatoms. The molecule has 5 rings (SSSR count). The van der Waals surface area contributed by atoms with Crippen LogP contribution in [0.4, 0.5) is 5.69 Å². The SMILES string of the molecule is COc1ccc(NC(=O)C2(N(Cc3nc(-c4ccc(OC)cc4)cs3)C(=O)CSc3nc(C)cc(C)n3)CCCC2)cc1. The largest absolute Gasteiger partial charge is 0.497 e. The Kier molecular flexibility index (Phi) is 9.62. The molecule has 9 nitrogen and oxygen atoms in total. The molecule has 2 aromatic carbocycles. The van der Waals surface area contributed by atoms with Gasteiger partial charge in [0.2, 0.25) is 11.8 Å². The van der Waals surface area contributed by atoms with Crippen LogP contribution < -0.4 is 14.8 Å². The van der Waals surface area contributed by atoms with Crippen molar-refractivity contribution in [2.45, 2.75) is 56.8 Å². The fraction of sp³-hybridized carbons (Fsp3) is 0.344. The van der Waals surface area contributed by atoms with Crippen LogP contribution in [-0.2, 0) is 16.1 Å². The van der Waals surface area contributed by atoms with Crippen molar-refractivity contribution in [2.75, 3.05) is 25.3 Å². The zero-order valence-electron chi connectivity index (χ0n) is 24.8. The van der Waals surface area contributed by atoms with Gasteiger partial charge in [-0.2, -0.15) is 0 Å². The standard InChI is InChI=1S/C32H35N5O4S2/c1-21-17-22(2)34-31(33-21)43-20-29(38)37(18-28-36-27(19-42-28)23-7-11-25(40-3)12-8-23)32(15-5-6-16-32)30(39)35-24-9-13-26(41-4)14-10-24/h7-14,17,19H,5-6,15-16,18,20H2,1-4H3,(H,35,39). The second-order valence-electron chi connectivity index (χ2n) is 10.5. The number of hydrogen-bond donors (Lipinski definition) is 1. The van der Waals surface area contributed by atoms with E-state index in [1.165, 1.54) is 23.1 Å². The van der Waals surface area contributed by atoms with E-state index in [9.17, 15) is 9.59 Å². The fourth-order valence-electron chi connectivity index (χ4n) is 5.35. The number of aromatic nitrogens is 3. The summed E-state index contributed by atoms with van der Waals surface area (Å²) in [6.45, 7) is 4.05. The molecule has 0 atom stereocenters. The number of thiazole rings is 1. The quantitative estimate of drug-likeness (QED) is 0.154. The molecular weight excluding hydrogens is 583 g/mol. The number of hydrogen-bond acceptors (Lipinski definition) is 9. The van der Waals surface area contributed by atoms with Crippen LogP contribution in [0.5, 0.6) is 11.5 Å². The Morgan fingerprint density at radius 2 is 1.53 bits per heavy atom. The first kappa shape index (κ1) is 30.5. The maximum atomic E-state index is 14.1. The fourth-order valence-corrected chi connectivity index (χ4v) is 6.97. The van der Waals surface area contributed by atoms with Crippen molar-refractivity contribution < 1.29 is 19.1 Å². The topological polar surface area (TPSA) is 107 Å². The molecule has 1 fully saturated rings. The third kappa shape index (κ3) is 7.17. The van der Waals surface area contributed by atoms with Crippen molar-refractivity contribution in [2.24, 2.45) is 0 Å². The minimum atomic E-state index is -1.01. The number of ether oxygens (including phenoxy) is 2. The second-order valence-corrected chi connectivity index (χ2v) is 12.4. The van der Waals surface area contributed by atoms with Gasteiger partial charge in [0.25, 0.3) is 0 Å². The van der Waals surface area contributed by atoms with E-state index in [2.05, 4.69) is 15.3 Å². The summed E-state index contributed by atoms with van der Waals surface area (Å²) < 4.78 is 10.5. The van der Waals surface area contributed by atoms with E-state index in [-0.39, 0.29) is 24.1 Å². The van der Waals surface area contributed by atoms with Gasteiger partial charge in [-0.15, -0.1) is 11.3 Å². The molecular formula is C32H35N5O4S2. The molecule has 2 heterocycles. The van der Waals surface area contributed by atoms with Gasteiger partial charge in [0, 0.05) is 28.0 Å². The molecule has 0 radical (unpaired) electrons. The van der Waals surface area contributed by atoms with Gasteiger partial charge in [-0.3, -0.25) is 9.59 Å². The van der Waals surface area contributed by atoms with Crippen molar-refractivity contribution in [3.05, 3.63) is 76.4 Å². The molecule has 1 aliphatic rings. The summed E-state index contributed by atoms with van der Waals surface area (Å²) in [7, 11) is 3.24. The molecule has 1 aliphatic carbocycles. The Hall–Kier alpha value is -3.96. The molecule has 0 unspecified atom stereocenters. The Morgan fingerprint density at radius 3 is 2.14 bits per heavy atom. The first-order valence-electron chi connectivity index (χ1n) is 14.1. The number of benzene rings is 2. The summed E-state index contributed by atoms with van der Waals surface area (Å²) in [5.74, 6) is 1.24. The van der Waals surface area contributed by atoms with Gasteiger partial charge in [0.05, 0.1) is 32.2 Å². The zero-order chi connectivity index (χ0) is 30.4. The molecule has 0 spiro atoms. The molecule has 43 heavy (non-hydrogen) atoms. The van der Waals surface area contributed by atoms with E-state index in [0.717, 1.165) is 46.2 Å². The van der Waals surface area contributed by atoms with Crippen molar-refractivity contribution >= 4 is 40.6 Å². The number of aryl methyl sites for hydroxylation is 2. The number of nitrogens with zero attached hydrogens (tertiary/aromatic N) is 4. The molecule has 224 valence electrons. The van der Waals surface area contributed by atoms with Crippen LogP contribution in [0.2, 0.25) is 0 Å². The summed E-state index contributed by atoms with van der Waals surface area (Å²) in [4.78, 5) is 43.8. The lowest BCUT2D eigenvalue weighted by molar-refractivity contribution is -0.144. The van der Waals surface area contributed by atoms with Gasteiger partial charge in [-0.25, -0.2) is 15.0 Å². The lowest BCUT2D eigenvalue weighted by Crippen LogP contribution is -2.57. The number of methoxy groups -OCH3 is 2. The van der Waals surface area contributed by atoms with E-state index in [4.69, 9.17) is 14.5 Å². The van der Waals surface area contributed by atoms with Crippen LogP contribution >= 0.6 is 23.1 Å². The van der Waals surface area contributed by atoms with Crippen LogP contribution in [-0.4, -0.2) is 57.2 Å². The van der Waals surface area contributed by atoms with Crippen LogP contribution in [0.25, 0.3) is 11.3 Å². The minimum absolute atomic E-state index is 0.108. The lowest BCUT2D eigenvalue weighted by Gasteiger charge is -2.39. The number of anilines is 1. The molecule has 1 saturated carbocycles. The number of nitrogens with one attached hydrogen (secondary N) is 1. The third-order valence-electron chi connectivity index (χ3n) is 7.54. The second kappa shape index (κ2) is 13.6. The zero-order valence-corrected chi connectivity index (χ0v) is 26.4. The van der Waals surface area contributed by atoms with E-state index in [0.29, 0.717) is 29.4 Å². The highest BCUT2D eigenvalue weighted by molar-refractivity contribution is 7.99. The predicted octanol–water partition coefficient (Wildman–Crippen LogP) is 6.31. The number of thioether (sulfide) groups is 1. The Balaban J connectivity index is 1.43. The Morgan fingerprint density at radius 1 is 0.930 bits per heavy atom. The van der Waals surface area contributed by atoms with Crippen LogP contribution in [0, 0.1) is 13.8 Å². The van der Waals surface area contributed by atoms with Gasteiger partial charge in [-0.1, -0.05) is 24.6 Å². The molecule has 0 saturated heterocycles. The van der Waals surface area contributed by atoms with Crippen molar-refractivity contribution in [1.82, 2.24) is 19.9 Å². The minimum Gasteiger partial charge on any atom is -0.497 e. The van der Waals surface area contributed by atoms with E-state index >= 15 is 0 Å². The smallest absolute Gasteiger partial charge is 0.250 e. The van der Waals surface area contributed by atoms with Crippen molar-refractivity contribution in [3.8, 4) is 22.8 Å². The number of rotatable bonds is 11. The summed E-state index contributed by atoms with van der Waals surface area (Å²) in [5.41, 5.74) is 3.11. The predicted molar refractivity (Wildman–Crippen MR) is 170 cm³/mol. The van der Waals surface area contributed by atoms with Crippen LogP contribution in [0.3, 0.4) is 0 Å². The normalized spacial score (nSPS) is 13.9. The molecule has 4 aromatic rings. The van der Waals surface area contributed by atoms with Crippen molar-refractivity contribution in [1.29, 1.82) is 0 Å². The highest BCUT2D eigenvalue weighted by Crippen LogP contribution is 2.39. The summed E-state index contributed by atoms with van der Waals surface area (Å²) in [5, 5.41) is 6.37. The highest BCUT2D eigenvalue weighted by Gasteiger charge is 2.48. The van der Waals surface area contributed by atoms with Gasteiger partial charge < -0.3 is 19.7 Å². The lowest BCUT2D eigenvalue weighted by atomic mass is 9.93. The van der Waals surface area contributed by atoms with Crippen LogP contribution in [0.15, 0.2) is 65.1 Å². The maximum Gasteiger partial charge on any atom is 0.250 e. The Bertz CT molecular complexity index is 1550. The molecule has 2 aromatic heterocycles. The van der Waals surface area contributed by atoms with E-state index in [1.807, 2.05) is 49.6 Å². The summed E-state index contributed by atoms with van der Waals surface area (Å²) in [6, 6.07) is 16.8. The molecule has 0 bridgehead atoms. The number of carbonyl (C=O) groups is 2. The van der Waals surface area contributed by atoms with E-state index in [1.54, 1.807) is 43.4 Å². The molecule has 2 amide bonds. The Labute approximate surface area is 260 Å². The van der Waals surface area contributed by atoms with Gasteiger partial charge >= 0.3 is 0 Å². The average Bonchev–Trinajstić information content (AvgIpc) is 3.70. The summed E-state index contributed by atoms with van der Waals surface area (Å²) in [6.07, 6.45) is 2.84. The third-order valence-corrected chi connectivity index (χ3v) is 9.20. The van der Waals surface area contributed by atoms with Gasteiger partial charge in [0.1, 0.15) is 22.0 Å². The van der Waals surface area contributed by atoms with Crippen LogP contribution in [0.1, 0.15) is 42.1 Å². The van der Waals surface area contributed by atoms with Gasteiger partial charge in [0.15, 0.2) is 5.16 Å². The maximum absolute atomic E-state index is 14.1. The number of carbonyl (C=O) groups excluding carboxylic acids is 2. The van der Waals surface area contributed by atoms with Gasteiger partial charge in [-0.05, 0) is 81.3 Å². The first-order chi connectivity index (χ1) is 20.8. The molecule has 1 N–H and O–H groups in total. The average molecular weight is 618 g/mol. The van der Waals surface area contributed by atoms with E-state index < -0.39 is 5.54 Å². The molecule has 0 aliphatic heterocycles.